The summed E-state index contributed by atoms with van der Waals surface area (Å²) in [5, 5.41) is 3.62. The maximum atomic E-state index is 13.5. The lowest BCUT2D eigenvalue weighted by molar-refractivity contribution is 0.621. The zero-order valence-corrected chi connectivity index (χ0v) is 12.5. The first-order valence-corrected chi connectivity index (χ1v) is 6.71. The molecule has 2 nitrogen and oxygen atoms in total. The van der Waals surface area contributed by atoms with Crippen LogP contribution in [0.5, 0.6) is 0 Å². The quantitative estimate of drug-likeness (QED) is 0.588. The molecule has 0 spiro atoms. The summed E-state index contributed by atoms with van der Waals surface area (Å²) >= 11 is 7.97. The van der Waals surface area contributed by atoms with E-state index in [2.05, 4.69) is 5.32 Å². The lowest BCUT2D eigenvalue weighted by Crippen LogP contribution is -1.99. The van der Waals surface area contributed by atoms with E-state index in [-0.39, 0.29) is 5.82 Å². The SMILES string of the molecule is Cc1ccc(Cl)c(Nc2cc(F)c(I)cc2N)c1. The fraction of sp³-hybridized carbons (Fsp3) is 0.0769. The van der Waals surface area contributed by atoms with Gasteiger partial charge in [0, 0.05) is 6.07 Å². The van der Waals surface area contributed by atoms with Crippen molar-refractivity contribution < 1.29 is 4.39 Å². The van der Waals surface area contributed by atoms with Crippen LogP contribution in [-0.2, 0) is 0 Å². The summed E-state index contributed by atoms with van der Waals surface area (Å²) in [6.07, 6.45) is 0. The second kappa shape index (κ2) is 5.32. The Morgan fingerprint density at radius 2 is 1.94 bits per heavy atom. The van der Waals surface area contributed by atoms with Gasteiger partial charge in [-0.05, 0) is 53.3 Å². The molecule has 0 aliphatic carbocycles. The minimum atomic E-state index is -0.309. The van der Waals surface area contributed by atoms with Gasteiger partial charge in [0.15, 0.2) is 0 Å². The molecule has 2 aromatic rings. The first kappa shape index (κ1) is 13.4. The molecule has 18 heavy (non-hydrogen) atoms. The van der Waals surface area contributed by atoms with Crippen molar-refractivity contribution in [3.63, 3.8) is 0 Å². The molecule has 0 saturated carbocycles. The van der Waals surface area contributed by atoms with Gasteiger partial charge in [-0.15, -0.1) is 0 Å². The summed E-state index contributed by atoms with van der Waals surface area (Å²) in [5.74, 6) is -0.309. The molecule has 0 saturated heterocycles. The van der Waals surface area contributed by atoms with Gasteiger partial charge in [0.05, 0.1) is 25.7 Å². The summed E-state index contributed by atoms with van der Waals surface area (Å²) in [4.78, 5) is 0. The van der Waals surface area contributed by atoms with Crippen LogP contribution >= 0.6 is 34.2 Å². The van der Waals surface area contributed by atoms with Crippen LogP contribution in [0.25, 0.3) is 0 Å². The average Bonchev–Trinajstić information content (AvgIpc) is 2.30. The van der Waals surface area contributed by atoms with Crippen molar-refractivity contribution in [1.29, 1.82) is 0 Å². The van der Waals surface area contributed by atoms with Crippen LogP contribution in [0.15, 0.2) is 30.3 Å². The second-order valence-electron chi connectivity index (χ2n) is 3.96. The second-order valence-corrected chi connectivity index (χ2v) is 5.53. The number of nitrogen functional groups attached to an aromatic ring is 1. The molecule has 0 bridgehead atoms. The summed E-state index contributed by atoms with van der Waals surface area (Å²) in [6.45, 7) is 1.96. The molecule has 2 rings (SSSR count). The highest BCUT2D eigenvalue weighted by Gasteiger charge is 2.08. The van der Waals surface area contributed by atoms with E-state index in [1.54, 1.807) is 12.1 Å². The van der Waals surface area contributed by atoms with E-state index in [0.717, 1.165) is 5.56 Å². The fourth-order valence-electron chi connectivity index (χ4n) is 1.55. The van der Waals surface area contributed by atoms with Crippen molar-refractivity contribution in [1.82, 2.24) is 0 Å². The van der Waals surface area contributed by atoms with Gasteiger partial charge in [-0.25, -0.2) is 4.39 Å². The molecule has 0 atom stereocenters. The highest BCUT2D eigenvalue weighted by Crippen LogP contribution is 2.31. The van der Waals surface area contributed by atoms with Gasteiger partial charge < -0.3 is 11.1 Å². The van der Waals surface area contributed by atoms with E-state index >= 15 is 0 Å². The van der Waals surface area contributed by atoms with Gasteiger partial charge in [0.1, 0.15) is 5.82 Å². The number of hydrogen-bond donors (Lipinski definition) is 2. The van der Waals surface area contributed by atoms with Crippen molar-refractivity contribution in [2.75, 3.05) is 11.1 Å². The molecule has 5 heteroatoms. The molecule has 0 amide bonds. The Morgan fingerprint density at radius 1 is 1.22 bits per heavy atom. The lowest BCUT2D eigenvalue weighted by atomic mass is 10.2. The highest BCUT2D eigenvalue weighted by molar-refractivity contribution is 14.1. The lowest BCUT2D eigenvalue weighted by Gasteiger charge is -2.12. The predicted octanol–water partition coefficient (Wildman–Crippen LogP) is 4.72. The van der Waals surface area contributed by atoms with Gasteiger partial charge in [-0.2, -0.15) is 0 Å². The van der Waals surface area contributed by atoms with Crippen LogP contribution in [-0.4, -0.2) is 0 Å². The maximum Gasteiger partial charge on any atom is 0.138 e. The van der Waals surface area contributed by atoms with E-state index in [1.807, 2.05) is 41.6 Å². The number of nitrogens with one attached hydrogen (secondary N) is 1. The monoisotopic (exact) mass is 376 g/mol. The van der Waals surface area contributed by atoms with Crippen molar-refractivity contribution >= 4 is 51.3 Å². The summed E-state index contributed by atoms with van der Waals surface area (Å²) < 4.78 is 14.0. The first-order chi connectivity index (χ1) is 8.47. The Hall–Kier alpha value is -1.01. The Kier molecular flexibility index (Phi) is 3.97. The van der Waals surface area contributed by atoms with E-state index in [0.29, 0.717) is 25.7 Å². The minimum Gasteiger partial charge on any atom is -0.397 e. The molecule has 94 valence electrons. The minimum absolute atomic E-state index is 0.309. The Morgan fingerprint density at radius 3 is 2.67 bits per heavy atom. The molecule has 0 heterocycles. The molecule has 0 aliphatic rings. The molecule has 0 fully saturated rings. The third kappa shape index (κ3) is 2.87. The van der Waals surface area contributed by atoms with Crippen molar-refractivity contribution in [3.8, 4) is 0 Å². The zero-order chi connectivity index (χ0) is 13.3. The Labute approximate surface area is 123 Å². The molecule has 3 N–H and O–H groups in total. The smallest absolute Gasteiger partial charge is 0.138 e. The van der Waals surface area contributed by atoms with Crippen LogP contribution in [0.2, 0.25) is 5.02 Å². The molecule has 0 radical (unpaired) electrons. The number of anilines is 3. The van der Waals surface area contributed by atoms with Crippen LogP contribution in [0, 0.1) is 16.3 Å². The summed E-state index contributed by atoms with van der Waals surface area (Å²) in [7, 11) is 0. The van der Waals surface area contributed by atoms with Crippen LogP contribution < -0.4 is 11.1 Å². The molecule has 2 aromatic carbocycles. The maximum absolute atomic E-state index is 13.5. The van der Waals surface area contributed by atoms with E-state index in [4.69, 9.17) is 17.3 Å². The standard InChI is InChI=1S/C13H11ClFIN2/c1-7-2-3-8(14)12(4-7)18-13-5-9(15)10(16)6-11(13)17/h2-6,18H,17H2,1H3. The molecular weight excluding hydrogens is 366 g/mol. The zero-order valence-electron chi connectivity index (χ0n) is 9.60. The Bertz CT molecular complexity index is 602. The topological polar surface area (TPSA) is 38.0 Å². The summed E-state index contributed by atoms with van der Waals surface area (Å²) in [6, 6.07) is 8.54. The van der Waals surface area contributed by atoms with E-state index in [9.17, 15) is 4.39 Å². The van der Waals surface area contributed by atoms with Crippen molar-refractivity contribution in [2.45, 2.75) is 6.92 Å². The van der Waals surface area contributed by atoms with Crippen LogP contribution in [0.3, 0.4) is 0 Å². The van der Waals surface area contributed by atoms with E-state index < -0.39 is 0 Å². The number of rotatable bonds is 2. The molecular formula is C13H11ClFIN2. The average molecular weight is 377 g/mol. The third-order valence-corrected chi connectivity index (χ3v) is 3.64. The number of hydrogen-bond acceptors (Lipinski definition) is 2. The molecule has 0 unspecified atom stereocenters. The molecule has 0 aliphatic heterocycles. The number of nitrogens with two attached hydrogens (primary N) is 1. The van der Waals surface area contributed by atoms with E-state index in [1.165, 1.54) is 6.07 Å². The number of benzene rings is 2. The number of halogens is 3. The first-order valence-electron chi connectivity index (χ1n) is 5.25. The number of aryl methyl sites for hydroxylation is 1. The van der Waals surface area contributed by atoms with Crippen molar-refractivity contribution in [2.24, 2.45) is 0 Å². The highest BCUT2D eigenvalue weighted by atomic mass is 127. The molecule has 0 aromatic heterocycles. The third-order valence-electron chi connectivity index (χ3n) is 2.48. The fourth-order valence-corrected chi connectivity index (χ4v) is 2.21. The predicted molar refractivity (Wildman–Crippen MR) is 83.0 cm³/mol. The van der Waals surface area contributed by atoms with Gasteiger partial charge in [0.2, 0.25) is 0 Å². The van der Waals surface area contributed by atoms with Gasteiger partial charge in [0.25, 0.3) is 0 Å². The van der Waals surface area contributed by atoms with Gasteiger partial charge in [-0.1, -0.05) is 17.7 Å². The van der Waals surface area contributed by atoms with Crippen LogP contribution in [0.4, 0.5) is 21.5 Å². The summed E-state index contributed by atoms with van der Waals surface area (Å²) in [5.41, 5.74) is 8.62. The Balaban J connectivity index is 2.40. The van der Waals surface area contributed by atoms with Gasteiger partial charge in [-0.3, -0.25) is 0 Å². The largest absolute Gasteiger partial charge is 0.397 e. The van der Waals surface area contributed by atoms with Crippen molar-refractivity contribution in [3.05, 3.63) is 50.3 Å². The van der Waals surface area contributed by atoms with Crippen LogP contribution in [0.1, 0.15) is 5.56 Å². The van der Waals surface area contributed by atoms with Gasteiger partial charge >= 0.3 is 0 Å². The normalized spacial score (nSPS) is 10.4.